The molecule has 0 aliphatic carbocycles. The van der Waals surface area contributed by atoms with E-state index in [1.54, 1.807) is 6.92 Å². The third kappa shape index (κ3) is 5.42. The van der Waals surface area contributed by atoms with Crippen LogP contribution in [0, 0.1) is 5.82 Å². The van der Waals surface area contributed by atoms with Crippen molar-refractivity contribution < 1.29 is 36.9 Å². The Morgan fingerprint density at radius 3 is 2.47 bits per heavy atom. The van der Waals surface area contributed by atoms with Gasteiger partial charge < -0.3 is 14.6 Å². The first-order valence-electron chi connectivity index (χ1n) is 10.0. The number of ether oxygens (including phenoxy) is 2. The summed E-state index contributed by atoms with van der Waals surface area (Å²) < 4.78 is 65.4. The van der Waals surface area contributed by atoms with Gasteiger partial charge in [-0.25, -0.2) is 14.0 Å². The van der Waals surface area contributed by atoms with Crippen LogP contribution in [0.15, 0.2) is 41.2 Å². The minimum atomic E-state index is -4.84. The number of rotatable bonds is 9. The van der Waals surface area contributed by atoms with E-state index in [1.807, 2.05) is 30.3 Å². The second-order valence-electron chi connectivity index (χ2n) is 7.09. The van der Waals surface area contributed by atoms with Crippen molar-refractivity contribution >= 4 is 5.97 Å². The van der Waals surface area contributed by atoms with Crippen LogP contribution in [0.5, 0.6) is 5.88 Å². The monoisotopic (exact) mass is 484 g/mol. The van der Waals surface area contributed by atoms with Crippen molar-refractivity contribution in [1.29, 1.82) is 0 Å². The van der Waals surface area contributed by atoms with Gasteiger partial charge in [0.25, 0.3) is 0 Å². The van der Waals surface area contributed by atoms with Gasteiger partial charge in [-0.15, -0.1) is 5.10 Å². The summed E-state index contributed by atoms with van der Waals surface area (Å²) in [6, 6.07) is 9.57. The molecule has 0 saturated carbocycles. The number of carbonyl (C=O) groups is 1. The highest BCUT2D eigenvalue weighted by atomic mass is 19.4. The number of nitrogens with zero attached hydrogens (tertiary/aromatic N) is 4. The largest absolute Gasteiger partial charge is 0.477 e. The molecule has 0 radical (unpaired) electrons. The third-order valence-corrected chi connectivity index (χ3v) is 4.70. The summed E-state index contributed by atoms with van der Waals surface area (Å²) in [5.74, 6) is -4.75. The number of aromatic carboxylic acids is 1. The summed E-state index contributed by atoms with van der Waals surface area (Å²) >= 11 is 0. The lowest BCUT2D eigenvalue weighted by atomic mass is 10.2. The van der Waals surface area contributed by atoms with E-state index < -0.39 is 47.0 Å². The lowest BCUT2D eigenvalue weighted by molar-refractivity contribution is -0.190. The van der Waals surface area contributed by atoms with Crippen LogP contribution in [0.25, 0.3) is 5.82 Å². The van der Waals surface area contributed by atoms with Crippen LogP contribution in [-0.4, -0.2) is 42.7 Å². The molecule has 0 fully saturated rings. The summed E-state index contributed by atoms with van der Waals surface area (Å²) in [6.07, 6.45) is -7.28. The molecule has 3 aromatic rings. The highest BCUT2D eigenvalue weighted by molar-refractivity contribution is 5.90. The Bertz CT molecular complexity index is 1220. The van der Waals surface area contributed by atoms with E-state index in [0.29, 0.717) is 17.7 Å². The molecule has 0 amide bonds. The minimum Gasteiger partial charge on any atom is -0.477 e. The van der Waals surface area contributed by atoms with E-state index in [0.717, 1.165) is 10.1 Å². The van der Waals surface area contributed by atoms with Gasteiger partial charge in [0.05, 0.1) is 6.61 Å². The molecule has 0 aliphatic rings. The zero-order chi connectivity index (χ0) is 25.0. The Balaban J connectivity index is 1.97. The Morgan fingerprint density at radius 1 is 1.21 bits per heavy atom. The molecular formula is C21H20F4N4O5. The first-order valence-corrected chi connectivity index (χ1v) is 10.0. The highest BCUT2D eigenvalue weighted by Crippen LogP contribution is 2.28. The van der Waals surface area contributed by atoms with E-state index in [2.05, 4.69) is 14.8 Å². The smallest absolute Gasteiger partial charge is 0.425 e. The van der Waals surface area contributed by atoms with Gasteiger partial charge in [-0.1, -0.05) is 30.3 Å². The molecule has 1 atom stereocenters. The van der Waals surface area contributed by atoms with Gasteiger partial charge in [0.2, 0.25) is 5.88 Å². The number of aromatic nitrogens is 4. The average Bonchev–Trinajstić information content (AvgIpc) is 3.09. The third-order valence-electron chi connectivity index (χ3n) is 4.70. The predicted octanol–water partition coefficient (Wildman–Crippen LogP) is 3.33. The molecule has 9 nitrogen and oxygen atoms in total. The number of hydrogen-bond acceptors (Lipinski definition) is 6. The van der Waals surface area contributed by atoms with Crippen LogP contribution in [-0.2, 0) is 24.5 Å². The maximum absolute atomic E-state index is 14.7. The van der Waals surface area contributed by atoms with Crippen LogP contribution < -0.4 is 10.4 Å². The van der Waals surface area contributed by atoms with Crippen molar-refractivity contribution in [2.75, 3.05) is 0 Å². The first kappa shape index (κ1) is 24.9. The number of halogens is 4. The predicted molar refractivity (Wildman–Crippen MR) is 109 cm³/mol. The molecule has 2 aromatic heterocycles. The quantitative estimate of drug-likeness (QED) is 0.464. The molecule has 0 spiro atoms. The number of hydrogen-bond donors (Lipinski definition) is 1. The molecule has 1 N–H and O–H groups in total. The van der Waals surface area contributed by atoms with Crippen molar-refractivity contribution in [1.82, 2.24) is 19.3 Å². The fourth-order valence-electron chi connectivity index (χ4n) is 2.92. The van der Waals surface area contributed by atoms with E-state index >= 15 is 0 Å². The molecule has 13 heteroatoms. The fraction of sp³-hybridized carbons (Fsp3) is 0.333. The maximum atomic E-state index is 14.7. The Hall–Kier alpha value is -3.74. The molecule has 2 heterocycles. The number of pyridine rings is 1. The molecule has 3 rings (SSSR count). The lowest BCUT2D eigenvalue weighted by Crippen LogP contribution is -2.32. The van der Waals surface area contributed by atoms with Crippen LogP contribution in [0.3, 0.4) is 0 Å². The lowest BCUT2D eigenvalue weighted by Gasteiger charge is -2.18. The zero-order valence-electron chi connectivity index (χ0n) is 18.0. The molecule has 0 bridgehead atoms. The normalized spacial score (nSPS) is 12.5. The minimum absolute atomic E-state index is 0.109. The molecular weight excluding hydrogens is 464 g/mol. The van der Waals surface area contributed by atoms with Crippen LogP contribution in [0.1, 0.15) is 35.6 Å². The summed E-state index contributed by atoms with van der Waals surface area (Å²) in [6.45, 7) is 2.47. The van der Waals surface area contributed by atoms with Gasteiger partial charge in [-0.05, 0) is 25.5 Å². The summed E-state index contributed by atoms with van der Waals surface area (Å²) in [7, 11) is 0. The second-order valence-corrected chi connectivity index (χ2v) is 7.09. The SMILES string of the molecule is CCn1c(COCc2ccccc2)nn(-c2nc(O[C@@H](C)C(F)(F)F)c(C(=O)O)cc2F)c1=O. The molecule has 0 aliphatic heterocycles. The van der Waals surface area contributed by atoms with Crippen LogP contribution in [0.4, 0.5) is 17.6 Å². The molecule has 34 heavy (non-hydrogen) atoms. The van der Waals surface area contributed by atoms with Crippen molar-refractivity contribution in [2.24, 2.45) is 0 Å². The molecule has 0 saturated heterocycles. The molecule has 0 unspecified atom stereocenters. The topological polar surface area (TPSA) is 108 Å². The van der Waals surface area contributed by atoms with E-state index in [1.165, 1.54) is 0 Å². The number of carboxylic acid groups (broad SMARTS) is 1. The highest BCUT2D eigenvalue weighted by Gasteiger charge is 2.39. The Labute approximate surface area is 190 Å². The van der Waals surface area contributed by atoms with Crippen molar-refractivity contribution in [3.63, 3.8) is 0 Å². The van der Waals surface area contributed by atoms with Crippen LogP contribution >= 0.6 is 0 Å². The van der Waals surface area contributed by atoms with Gasteiger partial charge in [0, 0.05) is 6.54 Å². The van der Waals surface area contributed by atoms with Gasteiger partial charge >= 0.3 is 17.8 Å². The second kappa shape index (κ2) is 10.0. The number of benzene rings is 1. The summed E-state index contributed by atoms with van der Waals surface area (Å²) in [4.78, 5) is 27.7. The zero-order valence-corrected chi connectivity index (χ0v) is 18.0. The van der Waals surface area contributed by atoms with E-state index in [-0.39, 0.29) is 25.6 Å². The average molecular weight is 484 g/mol. The molecule has 182 valence electrons. The maximum Gasteiger partial charge on any atom is 0.425 e. The van der Waals surface area contributed by atoms with Gasteiger partial charge in [0.1, 0.15) is 12.2 Å². The standard InChI is InChI=1S/C21H20F4N4O5/c1-3-28-16(11-33-10-13-7-5-4-6-8-13)27-29(20(28)32)17-15(22)9-14(19(30)31)18(26-17)34-12(2)21(23,24)25/h4-9,12H,3,10-11H2,1-2H3,(H,30,31)/t12-/m0/s1. The van der Waals surface area contributed by atoms with Crippen molar-refractivity contribution in [3.8, 4) is 11.7 Å². The fourth-order valence-corrected chi connectivity index (χ4v) is 2.92. The van der Waals surface area contributed by atoms with Gasteiger partial charge in [0.15, 0.2) is 23.6 Å². The van der Waals surface area contributed by atoms with Gasteiger partial charge in [-0.3, -0.25) is 4.57 Å². The van der Waals surface area contributed by atoms with Crippen LogP contribution in [0.2, 0.25) is 0 Å². The van der Waals surface area contributed by atoms with E-state index in [4.69, 9.17) is 4.74 Å². The van der Waals surface area contributed by atoms with E-state index in [9.17, 15) is 32.3 Å². The van der Waals surface area contributed by atoms with Crippen molar-refractivity contribution in [3.05, 3.63) is 69.7 Å². The molecule has 1 aromatic carbocycles. The van der Waals surface area contributed by atoms with Crippen molar-refractivity contribution in [2.45, 2.75) is 45.9 Å². The summed E-state index contributed by atoms with van der Waals surface area (Å²) in [5, 5.41) is 13.2. The number of carboxylic acids is 1. The Morgan fingerprint density at radius 2 is 1.88 bits per heavy atom. The Kier molecular flexibility index (Phi) is 7.35. The van der Waals surface area contributed by atoms with Gasteiger partial charge in [-0.2, -0.15) is 22.8 Å². The summed E-state index contributed by atoms with van der Waals surface area (Å²) in [5.41, 5.74) is -0.915. The number of alkyl halides is 3. The first-order chi connectivity index (χ1) is 16.0.